The quantitative estimate of drug-likeness (QED) is 0.851. The van der Waals surface area contributed by atoms with Crippen LogP contribution in [0, 0.1) is 0 Å². The van der Waals surface area contributed by atoms with Gasteiger partial charge in [0.2, 0.25) is 0 Å². The van der Waals surface area contributed by atoms with E-state index in [-0.39, 0.29) is 6.10 Å². The maximum Gasteiger partial charge on any atom is 0.0667 e. The van der Waals surface area contributed by atoms with E-state index in [0.717, 1.165) is 13.1 Å². The standard InChI is InChI=1S/C15H19NO/c1-12(17-2)10-16-11-14-8-5-7-13-6-3-4-9-15(13)14/h3-9,12,16H,10-11H2,1-2H3. The lowest BCUT2D eigenvalue weighted by Crippen LogP contribution is -2.25. The fourth-order valence-corrected chi connectivity index (χ4v) is 1.94. The van der Waals surface area contributed by atoms with E-state index in [1.807, 2.05) is 0 Å². The fraction of sp³-hybridized carbons (Fsp3) is 0.333. The molecule has 1 unspecified atom stereocenters. The topological polar surface area (TPSA) is 21.3 Å². The van der Waals surface area contributed by atoms with Gasteiger partial charge in [0.05, 0.1) is 6.10 Å². The van der Waals surface area contributed by atoms with Crippen LogP contribution in [-0.4, -0.2) is 19.8 Å². The lowest BCUT2D eigenvalue weighted by atomic mass is 10.0. The molecule has 0 aliphatic rings. The minimum atomic E-state index is 0.255. The third kappa shape index (κ3) is 3.05. The molecule has 17 heavy (non-hydrogen) atoms. The Morgan fingerprint density at radius 2 is 1.88 bits per heavy atom. The molecule has 0 amide bonds. The SMILES string of the molecule is COC(C)CNCc1cccc2ccccc12. The van der Waals surface area contributed by atoms with E-state index in [4.69, 9.17) is 4.74 Å². The van der Waals surface area contributed by atoms with Crippen LogP contribution in [-0.2, 0) is 11.3 Å². The van der Waals surface area contributed by atoms with Crippen molar-refractivity contribution >= 4 is 10.8 Å². The first-order chi connectivity index (χ1) is 8.31. The normalized spacial score (nSPS) is 12.8. The van der Waals surface area contributed by atoms with Gasteiger partial charge in [0.25, 0.3) is 0 Å². The molecule has 0 saturated heterocycles. The number of hydrogen-bond acceptors (Lipinski definition) is 2. The molecule has 2 aromatic rings. The Hall–Kier alpha value is -1.38. The van der Waals surface area contributed by atoms with Crippen molar-refractivity contribution in [2.75, 3.05) is 13.7 Å². The van der Waals surface area contributed by atoms with Gasteiger partial charge in [0, 0.05) is 20.2 Å². The molecule has 0 saturated carbocycles. The van der Waals surface area contributed by atoms with E-state index < -0.39 is 0 Å². The molecular weight excluding hydrogens is 210 g/mol. The van der Waals surface area contributed by atoms with Gasteiger partial charge in [0.15, 0.2) is 0 Å². The number of rotatable bonds is 5. The zero-order valence-corrected chi connectivity index (χ0v) is 10.4. The molecule has 0 bridgehead atoms. The van der Waals surface area contributed by atoms with Gasteiger partial charge in [-0.05, 0) is 23.3 Å². The van der Waals surface area contributed by atoms with E-state index in [1.165, 1.54) is 16.3 Å². The number of hydrogen-bond donors (Lipinski definition) is 1. The van der Waals surface area contributed by atoms with Gasteiger partial charge in [0.1, 0.15) is 0 Å². The molecule has 2 rings (SSSR count). The summed E-state index contributed by atoms with van der Waals surface area (Å²) in [5, 5.41) is 6.04. The molecule has 0 radical (unpaired) electrons. The van der Waals surface area contributed by atoms with Crippen molar-refractivity contribution in [3.63, 3.8) is 0 Å². The molecule has 2 aromatic carbocycles. The number of ether oxygens (including phenoxy) is 1. The van der Waals surface area contributed by atoms with Gasteiger partial charge in [-0.3, -0.25) is 0 Å². The van der Waals surface area contributed by atoms with Gasteiger partial charge in [-0.25, -0.2) is 0 Å². The monoisotopic (exact) mass is 229 g/mol. The molecule has 2 heteroatoms. The minimum absolute atomic E-state index is 0.255. The predicted octanol–water partition coefficient (Wildman–Crippen LogP) is 2.96. The summed E-state index contributed by atoms with van der Waals surface area (Å²) in [4.78, 5) is 0. The van der Waals surface area contributed by atoms with Crippen molar-refractivity contribution in [1.82, 2.24) is 5.32 Å². The van der Waals surface area contributed by atoms with Crippen LogP contribution in [0.3, 0.4) is 0 Å². The third-order valence-electron chi connectivity index (χ3n) is 3.03. The van der Waals surface area contributed by atoms with Gasteiger partial charge in [-0.15, -0.1) is 0 Å². The van der Waals surface area contributed by atoms with Crippen LogP contribution in [0.4, 0.5) is 0 Å². The minimum Gasteiger partial charge on any atom is -0.380 e. The van der Waals surface area contributed by atoms with E-state index in [1.54, 1.807) is 7.11 Å². The first kappa shape index (κ1) is 12.1. The molecule has 1 N–H and O–H groups in total. The molecule has 0 aromatic heterocycles. The molecule has 0 spiro atoms. The van der Waals surface area contributed by atoms with Crippen molar-refractivity contribution in [1.29, 1.82) is 0 Å². The number of nitrogens with one attached hydrogen (secondary N) is 1. The molecule has 2 nitrogen and oxygen atoms in total. The maximum atomic E-state index is 5.21. The zero-order chi connectivity index (χ0) is 12.1. The molecule has 0 aliphatic carbocycles. The summed E-state index contributed by atoms with van der Waals surface area (Å²) in [5.74, 6) is 0. The van der Waals surface area contributed by atoms with Crippen LogP contribution < -0.4 is 5.32 Å². The second kappa shape index (κ2) is 5.80. The van der Waals surface area contributed by atoms with Crippen molar-refractivity contribution < 1.29 is 4.74 Å². The van der Waals surface area contributed by atoms with E-state index in [2.05, 4.69) is 54.7 Å². The summed E-state index contributed by atoms with van der Waals surface area (Å²) in [5.41, 5.74) is 1.34. The lowest BCUT2D eigenvalue weighted by molar-refractivity contribution is 0.117. The maximum absolute atomic E-state index is 5.21. The fourth-order valence-electron chi connectivity index (χ4n) is 1.94. The van der Waals surface area contributed by atoms with Crippen LogP contribution in [0.2, 0.25) is 0 Å². The van der Waals surface area contributed by atoms with E-state index >= 15 is 0 Å². The van der Waals surface area contributed by atoms with E-state index in [9.17, 15) is 0 Å². The van der Waals surface area contributed by atoms with Crippen LogP contribution in [0.1, 0.15) is 12.5 Å². The summed E-state index contributed by atoms with van der Waals surface area (Å²) in [6.45, 7) is 3.82. The molecule has 0 aliphatic heterocycles. The lowest BCUT2D eigenvalue weighted by Gasteiger charge is -2.12. The Kier molecular flexibility index (Phi) is 4.13. The average molecular weight is 229 g/mol. The molecule has 90 valence electrons. The first-order valence-corrected chi connectivity index (χ1v) is 6.01. The van der Waals surface area contributed by atoms with Crippen LogP contribution in [0.5, 0.6) is 0 Å². The Labute approximate surface area is 103 Å². The summed E-state index contributed by atoms with van der Waals surface area (Å²) >= 11 is 0. The van der Waals surface area contributed by atoms with Crippen molar-refractivity contribution in [2.45, 2.75) is 19.6 Å². The highest BCUT2D eigenvalue weighted by molar-refractivity contribution is 5.85. The van der Waals surface area contributed by atoms with Crippen LogP contribution >= 0.6 is 0 Å². The van der Waals surface area contributed by atoms with Crippen molar-refractivity contribution in [3.05, 3.63) is 48.0 Å². The van der Waals surface area contributed by atoms with Crippen LogP contribution in [0.15, 0.2) is 42.5 Å². The van der Waals surface area contributed by atoms with Gasteiger partial charge < -0.3 is 10.1 Å². The van der Waals surface area contributed by atoms with Crippen molar-refractivity contribution in [2.24, 2.45) is 0 Å². The first-order valence-electron chi connectivity index (χ1n) is 6.01. The highest BCUT2D eigenvalue weighted by atomic mass is 16.5. The average Bonchev–Trinajstić information content (AvgIpc) is 2.39. The number of benzene rings is 2. The largest absolute Gasteiger partial charge is 0.380 e. The van der Waals surface area contributed by atoms with Gasteiger partial charge in [-0.2, -0.15) is 0 Å². The summed E-state index contributed by atoms with van der Waals surface area (Å²) < 4.78 is 5.21. The Balaban J connectivity index is 2.08. The molecule has 0 fully saturated rings. The summed E-state index contributed by atoms with van der Waals surface area (Å²) in [7, 11) is 1.74. The molecule has 1 atom stereocenters. The second-order valence-corrected chi connectivity index (χ2v) is 4.32. The Morgan fingerprint density at radius 1 is 1.12 bits per heavy atom. The smallest absolute Gasteiger partial charge is 0.0667 e. The van der Waals surface area contributed by atoms with Crippen molar-refractivity contribution in [3.8, 4) is 0 Å². The third-order valence-corrected chi connectivity index (χ3v) is 3.03. The predicted molar refractivity (Wildman–Crippen MR) is 72.1 cm³/mol. The molecular formula is C15H19NO. The second-order valence-electron chi connectivity index (χ2n) is 4.32. The highest BCUT2D eigenvalue weighted by Crippen LogP contribution is 2.18. The highest BCUT2D eigenvalue weighted by Gasteiger charge is 2.01. The summed E-state index contributed by atoms with van der Waals surface area (Å²) in [6, 6.07) is 14.9. The van der Waals surface area contributed by atoms with E-state index in [0.29, 0.717) is 0 Å². The zero-order valence-electron chi connectivity index (χ0n) is 10.4. The van der Waals surface area contributed by atoms with Gasteiger partial charge in [-0.1, -0.05) is 42.5 Å². The number of methoxy groups -OCH3 is 1. The molecule has 0 heterocycles. The Bertz CT molecular complexity index is 476. The van der Waals surface area contributed by atoms with Gasteiger partial charge >= 0.3 is 0 Å². The summed E-state index contributed by atoms with van der Waals surface area (Å²) in [6.07, 6.45) is 0.255. The van der Waals surface area contributed by atoms with Crippen LogP contribution in [0.25, 0.3) is 10.8 Å². The number of fused-ring (bicyclic) bond motifs is 1. The Morgan fingerprint density at radius 3 is 2.71 bits per heavy atom.